The molecule has 1 saturated heterocycles. The van der Waals surface area contributed by atoms with E-state index in [1.165, 1.54) is 17.2 Å². The molecule has 2 aromatic rings. The highest BCUT2D eigenvalue weighted by Gasteiger charge is 2.21. The average Bonchev–Trinajstić information content (AvgIpc) is 2.66. The standard InChI is InChI=1S/C21H26FN3O/c1-3-17-5-7-18(8-6-17)15-24-10-12-25(13-11-24)21(26)23-19-9-4-16(2)20(22)14-19/h4-9,14H,3,10-13,15H2,1-2H3,(H,23,26). The summed E-state index contributed by atoms with van der Waals surface area (Å²) < 4.78 is 13.6. The maximum Gasteiger partial charge on any atom is 0.321 e. The third kappa shape index (κ3) is 4.61. The van der Waals surface area contributed by atoms with Gasteiger partial charge in [-0.2, -0.15) is 0 Å². The Labute approximate surface area is 154 Å². The van der Waals surface area contributed by atoms with Gasteiger partial charge in [0.2, 0.25) is 0 Å². The lowest BCUT2D eigenvalue weighted by Crippen LogP contribution is -2.49. The summed E-state index contributed by atoms with van der Waals surface area (Å²) in [6.45, 7) is 7.79. The molecule has 1 fully saturated rings. The van der Waals surface area contributed by atoms with Crippen molar-refractivity contribution in [2.75, 3.05) is 31.5 Å². The van der Waals surface area contributed by atoms with E-state index in [2.05, 4.69) is 41.4 Å². The number of rotatable bonds is 4. The van der Waals surface area contributed by atoms with Gasteiger partial charge in [-0.3, -0.25) is 4.90 Å². The second kappa shape index (κ2) is 8.32. The molecule has 0 spiro atoms. The zero-order valence-electron chi connectivity index (χ0n) is 15.5. The van der Waals surface area contributed by atoms with Crippen LogP contribution in [0, 0.1) is 12.7 Å². The summed E-state index contributed by atoms with van der Waals surface area (Å²) in [5.41, 5.74) is 3.72. The number of hydrogen-bond acceptors (Lipinski definition) is 2. The van der Waals surface area contributed by atoms with Crippen LogP contribution in [-0.4, -0.2) is 42.0 Å². The van der Waals surface area contributed by atoms with Crippen molar-refractivity contribution < 1.29 is 9.18 Å². The molecule has 1 aliphatic heterocycles. The molecule has 0 saturated carbocycles. The Hall–Kier alpha value is -2.40. The van der Waals surface area contributed by atoms with Gasteiger partial charge >= 0.3 is 6.03 Å². The van der Waals surface area contributed by atoms with Gasteiger partial charge in [-0.15, -0.1) is 0 Å². The summed E-state index contributed by atoms with van der Waals surface area (Å²) in [7, 11) is 0. The lowest BCUT2D eigenvalue weighted by atomic mass is 10.1. The van der Waals surface area contributed by atoms with Gasteiger partial charge in [0.1, 0.15) is 5.82 Å². The number of piperazine rings is 1. The zero-order chi connectivity index (χ0) is 18.5. The summed E-state index contributed by atoms with van der Waals surface area (Å²) in [6.07, 6.45) is 1.05. The molecule has 0 unspecified atom stereocenters. The first-order chi connectivity index (χ1) is 12.5. The molecular formula is C21H26FN3O. The molecule has 1 heterocycles. The monoisotopic (exact) mass is 355 g/mol. The molecule has 0 radical (unpaired) electrons. The van der Waals surface area contributed by atoms with Gasteiger partial charge < -0.3 is 10.2 Å². The summed E-state index contributed by atoms with van der Waals surface area (Å²) in [4.78, 5) is 16.5. The Morgan fingerprint density at radius 1 is 1.04 bits per heavy atom. The number of nitrogens with zero attached hydrogens (tertiary/aromatic N) is 2. The van der Waals surface area contributed by atoms with E-state index < -0.39 is 0 Å². The number of carbonyl (C=O) groups excluding carboxylic acids is 1. The molecule has 1 N–H and O–H groups in total. The van der Waals surface area contributed by atoms with Crippen molar-refractivity contribution in [2.24, 2.45) is 0 Å². The molecule has 2 aromatic carbocycles. The second-order valence-corrected chi connectivity index (χ2v) is 6.83. The Morgan fingerprint density at radius 3 is 2.31 bits per heavy atom. The molecule has 5 heteroatoms. The number of carbonyl (C=O) groups is 1. The molecule has 4 nitrogen and oxygen atoms in total. The van der Waals surface area contributed by atoms with Gasteiger partial charge in [-0.25, -0.2) is 9.18 Å². The van der Waals surface area contributed by atoms with Crippen molar-refractivity contribution in [1.82, 2.24) is 9.80 Å². The van der Waals surface area contributed by atoms with Crippen molar-refractivity contribution in [2.45, 2.75) is 26.8 Å². The molecule has 138 valence electrons. The molecule has 3 rings (SSSR count). The van der Waals surface area contributed by atoms with E-state index >= 15 is 0 Å². The lowest BCUT2D eigenvalue weighted by molar-refractivity contribution is 0.143. The number of urea groups is 1. The van der Waals surface area contributed by atoms with Gasteiger partial charge in [0.25, 0.3) is 0 Å². The quantitative estimate of drug-likeness (QED) is 0.898. The van der Waals surface area contributed by atoms with E-state index in [4.69, 9.17) is 0 Å². The predicted molar refractivity (Wildman–Crippen MR) is 103 cm³/mol. The fourth-order valence-corrected chi connectivity index (χ4v) is 3.12. The topological polar surface area (TPSA) is 35.6 Å². The summed E-state index contributed by atoms with van der Waals surface area (Å²) >= 11 is 0. The number of halogens is 1. The van der Waals surface area contributed by atoms with E-state index in [0.29, 0.717) is 24.3 Å². The fourth-order valence-electron chi connectivity index (χ4n) is 3.12. The maximum atomic E-state index is 13.6. The molecular weight excluding hydrogens is 329 g/mol. The first-order valence-corrected chi connectivity index (χ1v) is 9.17. The Kier molecular flexibility index (Phi) is 5.89. The van der Waals surface area contributed by atoms with Crippen LogP contribution in [0.5, 0.6) is 0 Å². The minimum atomic E-state index is -0.304. The smallest absolute Gasteiger partial charge is 0.321 e. The number of benzene rings is 2. The Balaban J connectivity index is 1.49. The maximum absolute atomic E-state index is 13.6. The van der Waals surface area contributed by atoms with E-state index in [0.717, 1.165) is 26.1 Å². The minimum Gasteiger partial charge on any atom is -0.322 e. The highest BCUT2D eigenvalue weighted by molar-refractivity contribution is 5.89. The van der Waals surface area contributed by atoms with Crippen LogP contribution in [0.1, 0.15) is 23.6 Å². The molecule has 0 atom stereocenters. The third-order valence-electron chi connectivity index (χ3n) is 4.92. The molecule has 1 aliphatic rings. The van der Waals surface area contributed by atoms with Crippen LogP contribution in [0.3, 0.4) is 0 Å². The second-order valence-electron chi connectivity index (χ2n) is 6.83. The lowest BCUT2D eigenvalue weighted by Gasteiger charge is -2.34. The first kappa shape index (κ1) is 18.4. The van der Waals surface area contributed by atoms with Crippen molar-refractivity contribution in [3.8, 4) is 0 Å². The van der Waals surface area contributed by atoms with Crippen LogP contribution < -0.4 is 5.32 Å². The number of anilines is 1. The van der Waals surface area contributed by atoms with Crippen molar-refractivity contribution in [1.29, 1.82) is 0 Å². The fraction of sp³-hybridized carbons (Fsp3) is 0.381. The molecule has 0 bridgehead atoms. The molecule has 2 amide bonds. The van der Waals surface area contributed by atoms with Gasteiger partial charge in [0.15, 0.2) is 0 Å². The number of aryl methyl sites for hydroxylation is 2. The summed E-state index contributed by atoms with van der Waals surface area (Å²) in [5.74, 6) is -0.304. The average molecular weight is 355 g/mol. The van der Waals surface area contributed by atoms with Crippen LogP contribution in [0.4, 0.5) is 14.9 Å². The summed E-state index contributed by atoms with van der Waals surface area (Å²) in [5, 5.41) is 2.79. The SMILES string of the molecule is CCc1ccc(CN2CCN(C(=O)Nc3ccc(C)c(F)c3)CC2)cc1. The highest BCUT2D eigenvalue weighted by Crippen LogP contribution is 2.15. The minimum absolute atomic E-state index is 0.166. The predicted octanol–water partition coefficient (Wildman–Crippen LogP) is 4.05. The van der Waals surface area contributed by atoms with Gasteiger partial charge in [-0.05, 0) is 42.2 Å². The van der Waals surface area contributed by atoms with E-state index in [1.54, 1.807) is 24.0 Å². The zero-order valence-corrected chi connectivity index (χ0v) is 15.5. The van der Waals surface area contributed by atoms with Crippen LogP contribution in [0.25, 0.3) is 0 Å². The number of amides is 2. The first-order valence-electron chi connectivity index (χ1n) is 9.17. The van der Waals surface area contributed by atoms with E-state index in [-0.39, 0.29) is 11.8 Å². The van der Waals surface area contributed by atoms with Crippen molar-refractivity contribution >= 4 is 11.7 Å². The van der Waals surface area contributed by atoms with E-state index in [1.807, 2.05) is 0 Å². The van der Waals surface area contributed by atoms with Gasteiger partial charge in [0.05, 0.1) is 0 Å². The highest BCUT2D eigenvalue weighted by atomic mass is 19.1. The van der Waals surface area contributed by atoms with Gasteiger partial charge in [0, 0.05) is 38.4 Å². The third-order valence-corrected chi connectivity index (χ3v) is 4.92. The van der Waals surface area contributed by atoms with Crippen LogP contribution in [-0.2, 0) is 13.0 Å². The number of hydrogen-bond donors (Lipinski definition) is 1. The normalized spacial score (nSPS) is 15.1. The number of nitrogens with one attached hydrogen (secondary N) is 1. The van der Waals surface area contributed by atoms with Crippen molar-refractivity contribution in [3.05, 3.63) is 65.0 Å². The van der Waals surface area contributed by atoms with Crippen LogP contribution >= 0.6 is 0 Å². The van der Waals surface area contributed by atoms with Crippen LogP contribution in [0.15, 0.2) is 42.5 Å². The van der Waals surface area contributed by atoms with Crippen molar-refractivity contribution in [3.63, 3.8) is 0 Å². The largest absolute Gasteiger partial charge is 0.322 e. The Morgan fingerprint density at radius 2 is 1.69 bits per heavy atom. The molecule has 26 heavy (non-hydrogen) atoms. The molecule has 0 aromatic heterocycles. The van der Waals surface area contributed by atoms with E-state index in [9.17, 15) is 9.18 Å². The summed E-state index contributed by atoms with van der Waals surface area (Å²) in [6, 6.07) is 13.3. The van der Waals surface area contributed by atoms with Gasteiger partial charge in [-0.1, -0.05) is 37.3 Å². The molecule has 0 aliphatic carbocycles. The Bertz CT molecular complexity index is 752. The van der Waals surface area contributed by atoms with Crippen LogP contribution in [0.2, 0.25) is 0 Å².